The van der Waals surface area contributed by atoms with E-state index in [2.05, 4.69) is 24.1 Å². The van der Waals surface area contributed by atoms with Gasteiger partial charge in [-0.15, -0.1) is 11.3 Å². The van der Waals surface area contributed by atoms with Crippen molar-refractivity contribution < 1.29 is 9.53 Å². The Kier molecular flexibility index (Phi) is 7.21. The number of aromatic nitrogens is 1. The molecule has 24 heavy (non-hydrogen) atoms. The van der Waals surface area contributed by atoms with E-state index < -0.39 is 0 Å². The molecule has 0 aliphatic carbocycles. The molecule has 0 atom stereocenters. The maximum atomic E-state index is 12.0. The van der Waals surface area contributed by atoms with Crippen LogP contribution in [0.1, 0.15) is 34.9 Å². The zero-order valence-corrected chi connectivity index (χ0v) is 15.1. The molecule has 2 rings (SSSR count). The number of nitrogens with one attached hydrogen (secondary N) is 1. The lowest BCUT2D eigenvalue weighted by Gasteiger charge is -2.09. The average molecular weight is 347 g/mol. The standard InChI is InChI=1S/C18H25N3O2S/c1-13(2)11-23-15-5-3-14(4-6-15)8-10-20-18(22)16-12-24-17(21-16)7-9-19/h3-6,12-13H,7-11,19H2,1-2H3,(H,20,22). The van der Waals surface area contributed by atoms with Crippen LogP contribution in [-0.4, -0.2) is 30.6 Å². The van der Waals surface area contributed by atoms with E-state index in [1.54, 1.807) is 5.38 Å². The van der Waals surface area contributed by atoms with Gasteiger partial charge in [-0.3, -0.25) is 4.79 Å². The molecule has 1 aromatic carbocycles. The molecule has 0 bridgehead atoms. The Labute approximate surface area is 147 Å². The van der Waals surface area contributed by atoms with E-state index in [9.17, 15) is 4.79 Å². The number of thiazole rings is 1. The van der Waals surface area contributed by atoms with Crippen molar-refractivity contribution in [2.75, 3.05) is 19.7 Å². The van der Waals surface area contributed by atoms with E-state index in [1.807, 2.05) is 24.3 Å². The highest BCUT2D eigenvalue weighted by molar-refractivity contribution is 7.09. The number of rotatable bonds is 9. The molecule has 5 nitrogen and oxygen atoms in total. The zero-order valence-electron chi connectivity index (χ0n) is 14.2. The third kappa shape index (κ3) is 5.94. The van der Waals surface area contributed by atoms with Gasteiger partial charge in [0, 0.05) is 18.3 Å². The molecule has 2 aromatic rings. The molecule has 6 heteroatoms. The number of nitrogens with zero attached hydrogens (tertiary/aromatic N) is 1. The first-order valence-corrected chi connectivity index (χ1v) is 9.11. The van der Waals surface area contributed by atoms with Crippen molar-refractivity contribution in [3.8, 4) is 5.75 Å². The Hall–Kier alpha value is -1.92. The van der Waals surface area contributed by atoms with E-state index in [0.29, 0.717) is 31.1 Å². The van der Waals surface area contributed by atoms with Crippen LogP contribution in [-0.2, 0) is 12.8 Å². The van der Waals surface area contributed by atoms with E-state index in [0.717, 1.165) is 29.3 Å². The molecule has 1 amide bonds. The van der Waals surface area contributed by atoms with Crippen molar-refractivity contribution >= 4 is 17.2 Å². The highest BCUT2D eigenvalue weighted by Gasteiger charge is 2.09. The molecule has 0 fully saturated rings. The van der Waals surface area contributed by atoms with Gasteiger partial charge in [0.05, 0.1) is 11.6 Å². The van der Waals surface area contributed by atoms with Gasteiger partial charge in [0.15, 0.2) is 0 Å². The van der Waals surface area contributed by atoms with Crippen LogP contribution in [0.3, 0.4) is 0 Å². The Morgan fingerprint density at radius 2 is 2.04 bits per heavy atom. The lowest BCUT2D eigenvalue weighted by Crippen LogP contribution is -2.26. The summed E-state index contributed by atoms with van der Waals surface area (Å²) in [7, 11) is 0. The molecular formula is C18H25N3O2S. The van der Waals surface area contributed by atoms with Crippen molar-refractivity contribution in [3.05, 3.63) is 45.9 Å². The van der Waals surface area contributed by atoms with Crippen LogP contribution in [0.25, 0.3) is 0 Å². The molecular weight excluding hydrogens is 322 g/mol. The van der Waals surface area contributed by atoms with Gasteiger partial charge in [-0.05, 0) is 36.6 Å². The van der Waals surface area contributed by atoms with Crippen molar-refractivity contribution in [1.82, 2.24) is 10.3 Å². The fraction of sp³-hybridized carbons (Fsp3) is 0.444. The first-order chi connectivity index (χ1) is 11.6. The van der Waals surface area contributed by atoms with E-state index in [4.69, 9.17) is 10.5 Å². The average Bonchev–Trinajstić information content (AvgIpc) is 3.03. The molecule has 130 valence electrons. The maximum Gasteiger partial charge on any atom is 0.270 e. The van der Waals surface area contributed by atoms with Gasteiger partial charge in [0.1, 0.15) is 11.4 Å². The smallest absolute Gasteiger partial charge is 0.270 e. The van der Waals surface area contributed by atoms with Crippen LogP contribution < -0.4 is 15.8 Å². The first kappa shape index (κ1) is 18.4. The second-order valence-electron chi connectivity index (χ2n) is 6.02. The summed E-state index contributed by atoms with van der Waals surface area (Å²) in [6.07, 6.45) is 1.49. The highest BCUT2D eigenvalue weighted by Crippen LogP contribution is 2.14. The van der Waals surface area contributed by atoms with E-state index in [-0.39, 0.29) is 5.91 Å². The highest BCUT2D eigenvalue weighted by atomic mass is 32.1. The van der Waals surface area contributed by atoms with E-state index >= 15 is 0 Å². The van der Waals surface area contributed by atoms with E-state index in [1.165, 1.54) is 11.3 Å². The van der Waals surface area contributed by atoms with Crippen LogP contribution in [0.2, 0.25) is 0 Å². The number of carbonyl (C=O) groups is 1. The van der Waals surface area contributed by atoms with Crippen molar-refractivity contribution in [1.29, 1.82) is 0 Å². The molecule has 0 aliphatic heterocycles. The number of carbonyl (C=O) groups excluding carboxylic acids is 1. The van der Waals surface area contributed by atoms with Crippen LogP contribution in [0, 0.1) is 5.92 Å². The lowest BCUT2D eigenvalue weighted by atomic mass is 10.1. The quantitative estimate of drug-likeness (QED) is 0.731. The van der Waals surface area contributed by atoms with Crippen LogP contribution in [0.4, 0.5) is 0 Å². The molecule has 0 aliphatic rings. The predicted molar refractivity (Wildman–Crippen MR) is 97.7 cm³/mol. The van der Waals surface area contributed by atoms with Gasteiger partial charge in [-0.25, -0.2) is 4.98 Å². The summed E-state index contributed by atoms with van der Waals surface area (Å²) >= 11 is 1.47. The second-order valence-corrected chi connectivity index (χ2v) is 6.96. The maximum absolute atomic E-state index is 12.0. The summed E-state index contributed by atoms with van der Waals surface area (Å²) in [6.45, 7) is 6.09. The molecule has 0 saturated heterocycles. The van der Waals surface area contributed by atoms with Crippen molar-refractivity contribution in [2.24, 2.45) is 11.7 Å². The molecule has 0 radical (unpaired) electrons. The molecule has 0 saturated carbocycles. The summed E-state index contributed by atoms with van der Waals surface area (Å²) in [6, 6.07) is 8.01. The first-order valence-electron chi connectivity index (χ1n) is 8.23. The molecule has 1 heterocycles. The van der Waals surface area contributed by atoms with Crippen LogP contribution >= 0.6 is 11.3 Å². The molecule has 0 spiro atoms. The van der Waals surface area contributed by atoms with Gasteiger partial charge in [0.25, 0.3) is 5.91 Å². The largest absolute Gasteiger partial charge is 0.493 e. The van der Waals surface area contributed by atoms with Crippen molar-refractivity contribution in [2.45, 2.75) is 26.7 Å². The summed E-state index contributed by atoms with van der Waals surface area (Å²) in [4.78, 5) is 16.3. The Morgan fingerprint density at radius 3 is 2.71 bits per heavy atom. The SMILES string of the molecule is CC(C)COc1ccc(CCNC(=O)c2csc(CCN)n2)cc1. The summed E-state index contributed by atoms with van der Waals surface area (Å²) < 4.78 is 5.66. The third-order valence-corrected chi connectivity index (χ3v) is 4.26. The zero-order chi connectivity index (χ0) is 17.4. The normalized spacial score (nSPS) is 10.8. The van der Waals surface area contributed by atoms with Gasteiger partial charge < -0.3 is 15.8 Å². The molecule has 0 unspecified atom stereocenters. The minimum atomic E-state index is -0.133. The summed E-state index contributed by atoms with van der Waals surface area (Å²) in [5, 5.41) is 5.58. The number of amides is 1. The van der Waals surface area contributed by atoms with Gasteiger partial charge in [0.2, 0.25) is 0 Å². The van der Waals surface area contributed by atoms with Gasteiger partial charge in [-0.1, -0.05) is 26.0 Å². The molecule has 3 N–H and O–H groups in total. The number of benzene rings is 1. The number of ether oxygens (including phenoxy) is 1. The summed E-state index contributed by atoms with van der Waals surface area (Å²) in [5.41, 5.74) is 7.13. The fourth-order valence-corrected chi connectivity index (χ4v) is 2.87. The van der Waals surface area contributed by atoms with Crippen LogP contribution in [0.15, 0.2) is 29.6 Å². The van der Waals surface area contributed by atoms with Gasteiger partial charge >= 0.3 is 0 Å². The van der Waals surface area contributed by atoms with Crippen LogP contribution in [0.5, 0.6) is 5.75 Å². The van der Waals surface area contributed by atoms with Gasteiger partial charge in [-0.2, -0.15) is 0 Å². The number of hydrogen-bond acceptors (Lipinski definition) is 5. The fourth-order valence-electron chi connectivity index (χ4n) is 2.08. The molecule has 1 aromatic heterocycles. The minimum Gasteiger partial charge on any atom is -0.493 e. The summed E-state index contributed by atoms with van der Waals surface area (Å²) in [5.74, 6) is 1.26. The third-order valence-electron chi connectivity index (χ3n) is 3.35. The number of nitrogens with two attached hydrogens (primary N) is 1. The minimum absolute atomic E-state index is 0.133. The van der Waals surface area contributed by atoms with Crippen molar-refractivity contribution in [3.63, 3.8) is 0 Å². The Morgan fingerprint density at radius 1 is 1.29 bits per heavy atom. The Bertz CT molecular complexity index is 638. The lowest BCUT2D eigenvalue weighted by molar-refractivity contribution is 0.0949. The topological polar surface area (TPSA) is 77.2 Å². The second kappa shape index (κ2) is 9.39. The monoisotopic (exact) mass is 347 g/mol. The Balaban J connectivity index is 1.75. The number of hydrogen-bond donors (Lipinski definition) is 2. The predicted octanol–water partition coefficient (Wildman–Crippen LogP) is 2.65.